The van der Waals surface area contributed by atoms with Crippen LogP contribution in [-0.2, 0) is 20.1 Å². The van der Waals surface area contributed by atoms with Crippen LogP contribution in [0.4, 0.5) is 0 Å². The quantitative estimate of drug-likeness (QED) is 0.168. The third-order valence-corrected chi connectivity index (χ3v) is 7.85. The SMILES string of the molecule is Cc1c[c-]c(-c2ccc(C)cn2)cc1.Cc1ccc(-c2[c-]ccc(-c3cccc4c3ccc3oc5ccccc5c34)c2)nc1.[Ir]. The molecular formula is C41H30IrN2O-2. The molecule has 0 amide bonds. The number of rotatable bonds is 3. The molecule has 3 nitrogen and oxygen atoms in total. The molecule has 0 atom stereocenters. The molecule has 0 aliphatic heterocycles. The van der Waals surface area contributed by atoms with Crippen molar-refractivity contribution in [3.63, 3.8) is 0 Å². The number of fused-ring (bicyclic) bond motifs is 5. The number of benzene rings is 5. The second kappa shape index (κ2) is 13.0. The van der Waals surface area contributed by atoms with E-state index < -0.39 is 0 Å². The van der Waals surface area contributed by atoms with Gasteiger partial charge in [0.15, 0.2) is 0 Å². The van der Waals surface area contributed by atoms with E-state index in [0.717, 1.165) is 50.2 Å². The largest absolute Gasteiger partial charge is 0.456 e. The number of aryl methyl sites for hydroxylation is 3. The molecule has 0 fully saturated rings. The zero-order chi connectivity index (χ0) is 30.0. The second-order valence-corrected chi connectivity index (χ2v) is 11.1. The van der Waals surface area contributed by atoms with Gasteiger partial charge in [-0.05, 0) is 64.8 Å². The molecule has 0 spiro atoms. The number of para-hydroxylation sites is 1. The van der Waals surface area contributed by atoms with E-state index in [1.807, 2.05) is 62.6 Å². The van der Waals surface area contributed by atoms with Crippen LogP contribution in [0.5, 0.6) is 0 Å². The maximum atomic E-state index is 6.08. The molecule has 3 aromatic heterocycles. The van der Waals surface area contributed by atoms with Gasteiger partial charge in [0.05, 0.1) is 0 Å². The van der Waals surface area contributed by atoms with E-state index in [9.17, 15) is 0 Å². The fourth-order valence-electron chi connectivity index (χ4n) is 5.53. The molecule has 8 aromatic rings. The normalized spacial score (nSPS) is 10.8. The molecule has 0 saturated carbocycles. The number of hydrogen-bond donors (Lipinski definition) is 0. The van der Waals surface area contributed by atoms with Gasteiger partial charge in [0, 0.05) is 43.3 Å². The van der Waals surface area contributed by atoms with Crippen LogP contribution in [0.1, 0.15) is 16.7 Å². The van der Waals surface area contributed by atoms with Crippen molar-refractivity contribution in [3.8, 4) is 33.6 Å². The molecular weight excluding hydrogens is 729 g/mol. The summed E-state index contributed by atoms with van der Waals surface area (Å²) in [6, 6.07) is 46.1. The molecule has 3 heterocycles. The average molecular weight is 759 g/mol. The van der Waals surface area contributed by atoms with Crippen molar-refractivity contribution in [3.05, 3.63) is 156 Å². The van der Waals surface area contributed by atoms with Gasteiger partial charge >= 0.3 is 0 Å². The predicted octanol–water partition coefficient (Wildman–Crippen LogP) is 10.7. The Labute approximate surface area is 277 Å². The third-order valence-electron chi connectivity index (χ3n) is 7.85. The minimum atomic E-state index is 0. The fourth-order valence-corrected chi connectivity index (χ4v) is 5.53. The first-order valence-electron chi connectivity index (χ1n) is 14.7. The van der Waals surface area contributed by atoms with Crippen molar-refractivity contribution in [2.45, 2.75) is 20.8 Å². The van der Waals surface area contributed by atoms with Crippen molar-refractivity contribution in [1.29, 1.82) is 0 Å². The van der Waals surface area contributed by atoms with E-state index in [-0.39, 0.29) is 20.1 Å². The standard InChI is InChI=1S/C28H18NO.C13H12N.Ir/c1-18-12-14-25(29-17-18)20-7-4-6-19(16-20)21-9-5-10-23-22(21)13-15-27-28(23)24-8-2-3-11-26(24)30-27;1-10-3-6-12(7-4-10)13-8-5-11(2)9-14-13;/h2-6,8-17H,1H3;3-6,8-9H,1-2H3;/q2*-1;. The minimum Gasteiger partial charge on any atom is -0.456 e. The second-order valence-electron chi connectivity index (χ2n) is 11.1. The number of nitrogens with zero attached hydrogens (tertiary/aromatic N) is 2. The fraction of sp³-hybridized carbons (Fsp3) is 0.0732. The summed E-state index contributed by atoms with van der Waals surface area (Å²) in [5.41, 5.74) is 11.7. The van der Waals surface area contributed by atoms with Gasteiger partial charge in [0.1, 0.15) is 11.2 Å². The van der Waals surface area contributed by atoms with Gasteiger partial charge in [0.25, 0.3) is 0 Å². The molecule has 1 radical (unpaired) electrons. The van der Waals surface area contributed by atoms with E-state index in [2.05, 4.69) is 108 Å². The zero-order valence-electron chi connectivity index (χ0n) is 25.3. The number of pyridine rings is 2. The van der Waals surface area contributed by atoms with E-state index in [1.165, 1.54) is 32.8 Å². The Bertz CT molecular complexity index is 2190. The Morgan fingerprint density at radius 1 is 0.556 bits per heavy atom. The first-order valence-corrected chi connectivity index (χ1v) is 14.7. The Balaban J connectivity index is 0.000000201. The molecule has 5 aromatic carbocycles. The first-order chi connectivity index (χ1) is 21.5. The van der Waals surface area contributed by atoms with Gasteiger partial charge in [-0.2, -0.15) is 0 Å². The topological polar surface area (TPSA) is 38.9 Å². The molecule has 0 unspecified atom stereocenters. The Hall–Kier alpha value is -4.89. The Morgan fingerprint density at radius 2 is 1.27 bits per heavy atom. The Morgan fingerprint density at radius 3 is 1.98 bits per heavy atom. The van der Waals surface area contributed by atoms with Gasteiger partial charge in [-0.15, -0.1) is 70.8 Å². The summed E-state index contributed by atoms with van der Waals surface area (Å²) < 4.78 is 6.08. The Kier molecular flexibility index (Phi) is 8.71. The molecule has 0 aliphatic rings. The monoisotopic (exact) mass is 759 g/mol. The number of furan rings is 1. The predicted molar refractivity (Wildman–Crippen MR) is 181 cm³/mol. The summed E-state index contributed by atoms with van der Waals surface area (Å²) in [6.45, 7) is 6.14. The van der Waals surface area contributed by atoms with Crippen LogP contribution in [0.25, 0.3) is 66.4 Å². The third kappa shape index (κ3) is 6.21. The van der Waals surface area contributed by atoms with Gasteiger partial charge in [-0.1, -0.05) is 73.7 Å². The van der Waals surface area contributed by atoms with Crippen molar-refractivity contribution < 1.29 is 24.5 Å². The summed E-state index contributed by atoms with van der Waals surface area (Å²) in [7, 11) is 0. The smallest absolute Gasteiger partial charge is 0.136 e. The molecule has 0 N–H and O–H groups in total. The van der Waals surface area contributed by atoms with E-state index >= 15 is 0 Å². The van der Waals surface area contributed by atoms with Crippen molar-refractivity contribution in [1.82, 2.24) is 9.97 Å². The maximum absolute atomic E-state index is 6.08. The van der Waals surface area contributed by atoms with E-state index in [0.29, 0.717) is 0 Å². The molecule has 0 aliphatic carbocycles. The van der Waals surface area contributed by atoms with Crippen LogP contribution < -0.4 is 0 Å². The maximum Gasteiger partial charge on any atom is 0.136 e. The average Bonchev–Trinajstić information content (AvgIpc) is 3.45. The van der Waals surface area contributed by atoms with Crippen LogP contribution in [-0.4, -0.2) is 9.97 Å². The van der Waals surface area contributed by atoms with Gasteiger partial charge in [0.2, 0.25) is 0 Å². The van der Waals surface area contributed by atoms with Crippen LogP contribution in [0, 0.1) is 32.9 Å². The summed E-state index contributed by atoms with van der Waals surface area (Å²) in [6.07, 6.45) is 3.78. The molecule has 0 bridgehead atoms. The zero-order valence-corrected chi connectivity index (χ0v) is 27.7. The van der Waals surface area contributed by atoms with Gasteiger partial charge in [-0.3, -0.25) is 0 Å². The van der Waals surface area contributed by atoms with Crippen LogP contribution >= 0.6 is 0 Å². The van der Waals surface area contributed by atoms with Gasteiger partial charge in [-0.25, -0.2) is 0 Å². The molecule has 45 heavy (non-hydrogen) atoms. The van der Waals surface area contributed by atoms with E-state index in [1.54, 1.807) is 0 Å². The van der Waals surface area contributed by atoms with Crippen LogP contribution in [0.2, 0.25) is 0 Å². The van der Waals surface area contributed by atoms with Crippen molar-refractivity contribution >= 4 is 32.7 Å². The van der Waals surface area contributed by atoms with Crippen molar-refractivity contribution in [2.24, 2.45) is 0 Å². The first kappa shape index (κ1) is 30.1. The molecule has 221 valence electrons. The number of aromatic nitrogens is 2. The van der Waals surface area contributed by atoms with Crippen LogP contribution in [0.3, 0.4) is 0 Å². The minimum absolute atomic E-state index is 0. The molecule has 4 heteroatoms. The van der Waals surface area contributed by atoms with E-state index in [4.69, 9.17) is 4.42 Å². The number of hydrogen-bond acceptors (Lipinski definition) is 3. The molecule has 0 saturated heterocycles. The summed E-state index contributed by atoms with van der Waals surface area (Å²) in [5.74, 6) is 0. The molecule has 8 rings (SSSR count). The summed E-state index contributed by atoms with van der Waals surface area (Å²) in [5, 5.41) is 4.75. The van der Waals surface area contributed by atoms with Crippen molar-refractivity contribution in [2.75, 3.05) is 0 Å². The van der Waals surface area contributed by atoms with Crippen LogP contribution in [0.15, 0.2) is 132 Å². The summed E-state index contributed by atoms with van der Waals surface area (Å²) in [4.78, 5) is 8.92. The van der Waals surface area contributed by atoms with Gasteiger partial charge < -0.3 is 14.4 Å². The summed E-state index contributed by atoms with van der Waals surface area (Å²) >= 11 is 0.